The molecule has 1 aromatic carbocycles. The number of aromatic nitrogens is 2. The van der Waals surface area contributed by atoms with Crippen molar-refractivity contribution in [3.05, 3.63) is 54.4 Å². The molecule has 0 unspecified atom stereocenters. The second-order valence-electron chi connectivity index (χ2n) is 4.13. The molecule has 0 aliphatic rings. The van der Waals surface area contributed by atoms with Crippen molar-refractivity contribution >= 4 is 23.1 Å². The third kappa shape index (κ3) is 2.01. The topological polar surface area (TPSA) is 73.4 Å². The van der Waals surface area contributed by atoms with Gasteiger partial charge in [0.1, 0.15) is 5.75 Å². The highest BCUT2D eigenvalue weighted by atomic mass is 16.3. The lowest BCUT2D eigenvalue weighted by Gasteiger charge is -2.08. The Labute approximate surface area is 109 Å². The number of hydrogen-bond acceptors (Lipinski definition) is 4. The first-order chi connectivity index (χ1) is 9.28. The van der Waals surface area contributed by atoms with E-state index in [1.807, 2.05) is 24.4 Å². The van der Waals surface area contributed by atoms with Crippen molar-refractivity contribution in [1.82, 2.24) is 9.61 Å². The number of aromatic hydroxyl groups is 1. The van der Waals surface area contributed by atoms with Crippen molar-refractivity contribution < 1.29 is 5.11 Å². The average molecular weight is 252 g/mol. The number of phenols is 1. The molecule has 0 fully saturated rings. The molecule has 5 heteroatoms. The first-order valence-electron chi connectivity index (χ1n) is 5.81. The zero-order chi connectivity index (χ0) is 13.2. The van der Waals surface area contributed by atoms with Crippen LogP contribution in [0.2, 0.25) is 0 Å². The van der Waals surface area contributed by atoms with Crippen LogP contribution in [0.3, 0.4) is 0 Å². The lowest BCUT2D eigenvalue weighted by molar-refractivity contribution is 0.475. The Morgan fingerprint density at radius 2 is 2.11 bits per heavy atom. The molecular formula is C14H12N4O. The second-order valence-corrected chi connectivity index (χ2v) is 4.13. The lowest BCUT2D eigenvalue weighted by atomic mass is 10.1. The van der Waals surface area contributed by atoms with Gasteiger partial charge in [0.25, 0.3) is 0 Å². The van der Waals surface area contributed by atoms with Crippen LogP contribution in [0.4, 0.5) is 11.4 Å². The Morgan fingerprint density at radius 3 is 2.95 bits per heavy atom. The van der Waals surface area contributed by atoms with Crippen molar-refractivity contribution in [3.8, 4) is 5.75 Å². The van der Waals surface area contributed by atoms with Crippen LogP contribution in [0.25, 0.3) is 5.52 Å². The molecule has 19 heavy (non-hydrogen) atoms. The maximum Gasteiger partial charge on any atom is 0.117 e. The maximum atomic E-state index is 9.54. The summed E-state index contributed by atoms with van der Waals surface area (Å²) in [5, 5.41) is 24.3. The number of pyridine rings is 1. The number of nitrogens with one attached hydrogen (secondary N) is 2. The van der Waals surface area contributed by atoms with E-state index in [0.29, 0.717) is 11.3 Å². The molecule has 0 aliphatic carbocycles. The van der Waals surface area contributed by atoms with Crippen LogP contribution in [0.15, 0.2) is 48.8 Å². The van der Waals surface area contributed by atoms with Crippen LogP contribution in [0.1, 0.15) is 5.56 Å². The van der Waals surface area contributed by atoms with E-state index < -0.39 is 0 Å². The Morgan fingerprint density at radius 1 is 1.21 bits per heavy atom. The van der Waals surface area contributed by atoms with Gasteiger partial charge in [-0.05, 0) is 24.3 Å². The minimum absolute atomic E-state index is 0.157. The molecule has 0 aliphatic heterocycles. The van der Waals surface area contributed by atoms with Crippen LogP contribution in [-0.2, 0) is 0 Å². The smallest absolute Gasteiger partial charge is 0.117 e. The molecule has 3 rings (SSSR count). The fraction of sp³-hybridized carbons (Fsp3) is 0. The van der Waals surface area contributed by atoms with Gasteiger partial charge in [-0.1, -0.05) is 6.07 Å². The van der Waals surface area contributed by atoms with Crippen LogP contribution in [-0.4, -0.2) is 20.9 Å². The van der Waals surface area contributed by atoms with E-state index >= 15 is 0 Å². The maximum absolute atomic E-state index is 9.54. The molecule has 5 nitrogen and oxygen atoms in total. The van der Waals surface area contributed by atoms with E-state index in [-0.39, 0.29) is 5.75 Å². The average Bonchev–Trinajstić information content (AvgIpc) is 2.83. The van der Waals surface area contributed by atoms with Gasteiger partial charge >= 0.3 is 0 Å². The molecule has 0 bridgehead atoms. The molecule has 2 aromatic heterocycles. The summed E-state index contributed by atoms with van der Waals surface area (Å²) >= 11 is 0. The van der Waals surface area contributed by atoms with Gasteiger partial charge < -0.3 is 15.8 Å². The highest BCUT2D eigenvalue weighted by molar-refractivity contribution is 5.89. The molecule has 0 amide bonds. The Balaban J connectivity index is 2.05. The van der Waals surface area contributed by atoms with Crippen molar-refractivity contribution in [1.29, 1.82) is 5.41 Å². The molecule has 2 heterocycles. The monoisotopic (exact) mass is 252 g/mol. The van der Waals surface area contributed by atoms with Gasteiger partial charge in [-0.2, -0.15) is 5.10 Å². The number of nitrogens with zero attached hydrogens (tertiary/aromatic N) is 2. The van der Waals surface area contributed by atoms with Gasteiger partial charge in [-0.15, -0.1) is 0 Å². The van der Waals surface area contributed by atoms with Crippen molar-refractivity contribution in [2.24, 2.45) is 0 Å². The number of phenolic OH excluding ortho intramolecular Hbond substituents is 1. The number of anilines is 2. The van der Waals surface area contributed by atoms with Crippen LogP contribution in [0.5, 0.6) is 5.75 Å². The minimum Gasteiger partial charge on any atom is -0.508 e. The van der Waals surface area contributed by atoms with Crippen LogP contribution >= 0.6 is 0 Å². The molecule has 0 saturated heterocycles. The summed E-state index contributed by atoms with van der Waals surface area (Å²) in [5.41, 5.74) is 3.14. The second kappa shape index (κ2) is 4.45. The molecule has 3 N–H and O–H groups in total. The fourth-order valence-electron chi connectivity index (χ4n) is 1.95. The highest BCUT2D eigenvalue weighted by Gasteiger charge is 2.06. The summed E-state index contributed by atoms with van der Waals surface area (Å²) in [6, 6.07) is 10.6. The Hall–Kier alpha value is -2.82. The largest absolute Gasteiger partial charge is 0.508 e. The van der Waals surface area contributed by atoms with Crippen LogP contribution in [0, 0.1) is 5.41 Å². The van der Waals surface area contributed by atoms with Gasteiger partial charge in [-0.25, -0.2) is 4.52 Å². The summed E-state index contributed by atoms with van der Waals surface area (Å²) in [6.45, 7) is 0. The van der Waals surface area contributed by atoms with Gasteiger partial charge in [0.2, 0.25) is 0 Å². The predicted octanol–water partition coefficient (Wildman–Crippen LogP) is 2.78. The number of rotatable bonds is 3. The van der Waals surface area contributed by atoms with E-state index in [9.17, 15) is 5.11 Å². The van der Waals surface area contributed by atoms with E-state index in [1.165, 1.54) is 6.21 Å². The van der Waals surface area contributed by atoms with Crippen molar-refractivity contribution in [2.45, 2.75) is 0 Å². The quantitative estimate of drug-likeness (QED) is 0.627. The van der Waals surface area contributed by atoms with Gasteiger partial charge in [-0.3, -0.25) is 0 Å². The number of hydrogen-bond donors (Lipinski definition) is 3. The molecule has 94 valence electrons. The first-order valence-corrected chi connectivity index (χ1v) is 5.81. The molecule has 0 radical (unpaired) electrons. The van der Waals surface area contributed by atoms with E-state index in [1.54, 1.807) is 28.9 Å². The van der Waals surface area contributed by atoms with Gasteiger partial charge in [0, 0.05) is 24.0 Å². The fourth-order valence-corrected chi connectivity index (χ4v) is 1.95. The lowest BCUT2D eigenvalue weighted by Crippen LogP contribution is -1.95. The summed E-state index contributed by atoms with van der Waals surface area (Å²) in [4.78, 5) is 0. The highest BCUT2D eigenvalue weighted by Crippen LogP contribution is 2.26. The summed E-state index contributed by atoms with van der Waals surface area (Å²) in [6.07, 6.45) is 4.82. The normalized spacial score (nSPS) is 10.5. The predicted molar refractivity (Wildman–Crippen MR) is 74.5 cm³/mol. The van der Waals surface area contributed by atoms with Crippen LogP contribution < -0.4 is 5.32 Å². The standard InChI is InChI=1S/C14H12N4O/c15-8-10-4-5-11(19)7-12(10)17-13-9-16-18-6-2-1-3-14(13)18/h1-9,15,17,19H. The summed E-state index contributed by atoms with van der Waals surface area (Å²) in [5.74, 6) is 0.157. The number of benzene rings is 1. The van der Waals surface area contributed by atoms with Crippen molar-refractivity contribution in [3.63, 3.8) is 0 Å². The SMILES string of the molecule is N=Cc1ccc(O)cc1Nc1cnn2ccccc12. The first kappa shape index (κ1) is 11.3. The molecule has 0 saturated carbocycles. The Bertz CT molecular complexity index is 748. The molecule has 0 spiro atoms. The van der Waals surface area contributed by atoms with Crippen molar-refractivity contribution in [2.75, 3.05) is 5.32 Å². The third-order valence-electron chi connectivity index (χ3n) is 2.89. The molecule has 3 aromatic rings. The summed E-state index contributed by atoms with van der Waals surface area (Å²) in [7, 11) is 0. The third-order valence-corrected chi connectivity index (χ3v) is 2.89. The zero-order valence-electron chi connectivity index (χ0n) is 10.0. The Kier molecular flexibility index (Phi) is 2.64. The summed E-state index contributed by atoms with van der Waals surface area (Å²) < 4.78 is 1.76. The zero-order valence-corrected chi connectivity index (χ0v) is 10.0. The molecular weight excluding hydrogens is 240 g/mol. The number of fused-ring (bicyclic) bond motifs is 1. The molecule has 0 atom stereocenters. The van der Waals surface area contributed by atoms with E-state index in [4.69, 9.17) is 5.41 Å². The van der Waals surface area contributed by atoms with E-state index in [0.717, 1.165) is 11.2 Å². The van der Waals surface area contributed by atoms with E-state index in [2.05, 4.69) is 10.4 Å². The minimum atomic E-state index is 0.157. The van der Waals surface area contributed by atoms with Gasteiger partial charge in [0.05, 0.1) is 23.1 Å². The van der Waals surface area contributed by atoms with Gasteiger partial charge in [0.15, 0.2) is 0 Å².